The van der Waals surface area contributed by atoms with E-state index in [-0.39, 0.29) is 5.91 Å². The molecule has 0 radical (unpaired) electrons. The van der Waals surface area contributed by atoms with E-state index in [1.54, 1.807) is 25.4 Å². The lowest BCUT2D eigenvalue weighted by Crippen LogP contribution is -2.22. The van der Waals surface area contributed by atoms with Crippen LogP contribution < -0.4 is 14.8 Å². The Hall–Kier alpha value is -2.93. The molecule has 2 heterocycles. The molecule has 3 rings (SSSR count). The summed E-state index contributed by atoms with van der Waals surface area (Å²) in [6, 6.07) is 11.0. The molecule has 1 N–H and O–H groups in total. The van der Waals surface area contributed by atoms with Gasteiger partial charge in [0.25, 0.3) is 5.91 Å². The number of carbonyl (C=O) groups excluding carboxylic acids is 1. The Morgan fingerprint density at radius 1 is 1.21 bits per heavy atom. The van der Waals surface area contributed by atoms with Gasteiger partial charge in [-0.25, -0.2) is 9.97 Å². The first-order valence-corrected chi connectivity index (χ1v) is 10.3. The Morgan fingerprint density at radius 2 is 2.00 bits per heavy atom. The van der Waals surface area contributed by atoms with Crippen molar-refractivity contribution in [3.8, 4) is 17.4 Å². The number of amides is 1. The Balaban J connectivity index is 1.57. The highest BCUT2D eigenvalue weighted by Gasteiger charge is 2.15. The summed E-state index contributed by atoms with van der Waals surface area (Å²) in [4.78, 5) is 22.0. The van der Waals surface area contributed by atoms with Gasteiger partial charge in [-0.2, -0.15) is 0 Å². The number of aromatic nitrogens is 2. The SMILES string of the molecule is COc1cccc(Oc2ccc(CNC(=O)c3sc(CC(C)C)nc3C)cn2)c1. The smallest absolute Gasteiger partial charge is 0.263 e. The normalized spacial score (nSPS) is 10.8. The van der Waals surface area contributed by atoms with E-state index in [9.17, 15) is 4.79 Å². The minimum atomic E-state index is -0.105. The van der Waals surface area contributed by atoms with Gasteiger partial charge in [-0.05, 0) is 30.5 Å². The van der Waals surface area contributed by atoms with E-state index in [0.29, 0.717) is 29.0 Å². The van der Waals surface area contributed by atoms with Crippen LogP contribution in [0.4, 0.5) is 0 Å². The zero-order valence-corrected chi connectivity index (χ0v) is 17.9. The minimum absolute atomic E-state index is 0.105. The van der Waals surface area contributed by atoms with Gasteiger partial charge in [0.2, 0.25) is 5.88 Å². The summed E-state index contributed by atoms with van der Waals surface area (Å²) >= 11 is 1.47. The van der Waals surface area contributed by atoms with Crippen molar-refractivity contribution in [2.45, 2.75) is 33.7 Å². The van der Waals surface area contributed by atoms with Crippen LogP contribution in [0.1, 0.15) is 39.8 Å². The number of nitrogens with one attached hydrogen (secondary N) is 1. The molecule has 0 saturated carbocycles. The summed E-state index contributed by atoms with van der Waals surface area (Å²) in [6.07, 6.45) is 2.58. The third-order valence-electron chi connectivity index (χ3n) is 4.14. The highest BCUT2D eigenvalue weighted by atomic mass is 32.1. The van der Waals surface area contributed by atoms with Gasteiger partial charge < -0.3 is 14.8 Å². The maximum atomic E-state index is 12.5. The predicted octanol–water partition coefficient (Wildman–Crippen LogP) is 4.78. The lowest BCUT2D eigenvalue weighted by molar-refractivity contribution is 0.0954. The van der Waals surface area contributed by atoms with Crippen molar-refractivity contribution < 1.29 is 14.3 Å². The minimum Gasteiger partial charge on any atom is -0.497 e. The second-order valence-corrected chi connectivity index (χ2v) is 8.17. The zero-order chi connectivity index (χ0) is 20.8. The van der Waals surface area contributed by atoms with Gasteiger partial charge in [0.05, 0.1) is 17.8 Å². The fourth-order valence-electron chi connectivity index (χ4n) is 2.72. The molecule has 3 aromatic rings. The average Bonchev–Trinajstić information content (AvgIpc) is 3.06. The Labute approximate surface area is 174 Å². The van der Waals surface area contributed by atoms with Crippen LogP contribution in [0.2, 0.25) is 0 Å². The van der Waals surface area contributed by atoms with Crippen LogP contribution in [0.5, 0.6) is 17.4 Å². The van der Waals surface area contributed by atoms with Gasteiger partial charge in [0, 0.05) is 31.3 Å². The van der Waals surface area contributed by atoms with Crippen LogP contribution in [-0.2, 0) is 13.0 Å². The van der Waals surface area contributed by atoms with Crippen LogP contribution in [-0.4, -0.2) is 23.0 Å². The number of nitrogens with zero attached hydrogens (tertiary/aromatic N) is 2. The average molecular weight is 412 g/mol. The van der Waals surface area contributed by atoms with E-state index < -0.39 is 0 Å². The molecule has 2 aromatic heterocycles. The molecule has 29 heavy (non-hydrogen) atoms. The number of hydrogen-bond donors (Lipinski definition) is 1. The monoisotopic (exact) mass is 411 g/mol. The molecule has 6 nitrogen and oxygen atoms in total. The van der Waals surface area contributed by atoms with Gasteiger partial charge in [0.15, 0.2) is 0 Å². The van der Waals surface area contributed by atoms with Crippen LogP contribution in [0.15, 0.2) is 42.6 Å². The molecule has 0 atom stereocenters. The first-order valence-electron chi connectivity index (χ1n) is 9.46. The lowest BCUT2D eigenvalue weighted by atomic mass is 10.1. The molecule has 0 unspecified atom stereocenters. The van der Waals surface area contributed by atoms with Crippen molar-refractivity contribution in [3.63, 3.8) is 0 Å². The first-order chi connectivity index (χ1) is 13.9. The molecule has 0 fully saturated rings. The third-order valence-corrected chi connectivity index (χ3v) is 5.32. The molecule has 0 spiro atoms. The van der Waals surface area contributed by atoms with Gasteiger partial charge in [-0.3, -0.25) is 4.79 Å². The lowest BCUT2D eigenvalue weighted by Gasteiger charge is -2.08. The molecule has 0 aliphatic carbocycles. The number of benzene rings is 1. The number of aryl methyl sites for hydroxylation is 1. The van der Waals surface area contributed by atoms with Gasteiger partial charge >= 0.3 is 0 Å². The number of pyridine rings is 1. The van der Waals surface area contributed by atoms with Crippen LogP contribution in [0.25, 0.3) is 0 Å². The Bertz CT molecular complexity index is 968. The van der Waals surface area contributed by atoms with E-state index in [1.165, 1.54) is 11.3 Å². The molecule has 0 saturated heterocycles. The Morgan fingerprint density at radius 3 is 2.69 bits per heavy atom. The standard InChI is InChI=1S/C22H25N3O3S/c1-14(2)10-20-25-15(3)21(29-20)22(26)24-13-16-8-9-19(23-12-16)28-18-7-5-6-17(11-18)27-4/h5-9,11-12,14H,10,13H2,1-4H3,(H,24,26). The van der Waals surface area contributed by atoms with Crippen LogP contribution >= 0.6 is 11.3 Å². The van der Waals surface area contributed by atoms with Crippen molar-refractivity contribution in [3.05, 3.63) is 63.7 Å². The molecular weight excluding hydrogens is 386 g/mol. The van der Waals surface area contributed by atoms with Crippen LogP contribution in [0.3, 0.4) is 0 Å². The fourth-order valence-corrected chi connectivity index (χ4v) is 3.92. The first kappa shape index (κ1) is 20.8. The number of methoxy groups -OCH3 is 1. The Kier molecular flexibility index (Phi) is 6.82. The topological polar surface area (TPSA) is 73.3 Å². The molecule has 0 aliphatic heterocycles. The summed E-state index contributed by atoms with van der Waals surface area (Å²) in [5.74, 6) is 2.25. The molecule has 0 aliphatic rings. The van der Waals surface area contributed by atoms with E-state index in [4.69, 9.17) is 9.47 Å². The van der Waals surface area contributed by atoms with Gasteiger partial charge in [-0.1, -0.05) is 26.0 Å². The van der Waals surface area contributed by atoms with Crippen LogP contribution in [0, 0.1) is 12.8 Å². The highest BCUT2D eigenvalue weighted by molar-refractivity contribution is 7.13. The van der Waals surface area contributed by atoms with Crippen molar-refractivity contribution >= 4 is 17.2 Å². The third kappa shape index (κ3) is 5.77. The van der Waals surface area contributed by atoms with Crippen molar-refractivity contribution in [2.24, 2.45) is 5.92 Å². The number of rotatable bonds is 8. The molecule has 0 bridgehead atoms. The quantitative estimate of drug-likeness (QED) is 0.578. The van der Waals surface area contributed by atoms with E-state index in [2.05, 4.69) is 29.1 Å². The number of hydrogen-bond acceptors (Lipinski definition) is 6. The zero-order valence-electron chi connectivity index (χ0n) is 17.1. The van der Waals surface area contributed by atoms with E-state index >= 15 is 0 Å². The molecular formula is C22H25N3O3S. The summed E-state index contributed by atoms with van der Waals surface area (Å²) in [5.41, 5.74) is 1.67. The fraction of sp³-hybridized carbons (Fsp3) is 0.318. The molecule has 1 amide bonds. The number of ether oxygens (including phenoxy) is 2. The summed E-state index contributed by atoms with van der Waals surface area (Å²) < 4.78 is 10.9. The second-order valence-electron chi connectivity index (χ2n) is 7.09. The largest absolute Gasteiger partial charge is 0.497 e. The molecule has 7 heteroatoms. The van der Waals surface area contributed by atoms with Crippen molar-refractivity contribution in [2.75, 3.05) is 7.11 Å². The van der Waals surface area contributed by atoms with Gasteiger partial charge in [0.1, 0.15) is 16.4 Å². The second kappa shape index (κ2) is 9.52. The maximum absolute atomic E-state index is 12.5. The number of thiazole rings is 1. The summed E-state index contributed by atoms with van der Waals surface area (Å²) in [7, 11) is 1.61. The summed E-state index contributed by atoms with van der Waals surface area (Å²) in [5, 5.41) is 3.94. The predicted molar refractivity (Wildman–Crippen MR) is 114 cm³/mol. The van der Waals surface area contributed by atoms with Crippen molar-refractivity contribution in [1.82, 2.24) is 15.3 Å². The summed E-state index contributed by atoms with van der Waals surface area (Å²) in [6.45, 7) is 6.56. The van der Waals surface area contributed by atoms with E-state index in [0.717, 1.165) is 28.4 Å². The molecule has 152 valence electrons. The van der Waals surface area contributed by atoms with Gasteiger partial charge in [-0.15, -0.1) is 11.3 Å². The maximum Gasteiger partial charge on any atom is 0.263 e. The molecule has 1 aromatic carbocycles. The highest BCUT2D eigenvalue weighted by Crippen LogP contribution is 2.24. The van der Waals surface area contributed by atoms with E-state index in [1.807, 2.05) is 31.2 Å². The number of carbonyl (C=O) groups is 1. The van der Waals surface area contributed by atoms with Crippen molar-refractivity contribution in [1.29, 1.82) is 0 Å².